The van der Waals surface area contributed by atoms with E-state index in [2.05, 4.69) is 25.7 Å². The summed E-state index contributed by atoms with van der Waals surface area (Å²) in [5, 5.41) is 0. The van der Waals surface area contributed by atoms with E-state index in [4.69, 9.17) is 0 Å². The second-order valence-electron chi connectivity index (χ2n) is 10.8. The van der Waals surface area contributed by atoms with E-state index in [9.17, 15) is 18.8 Å². The van der Waals surface area contributed by atoms with Crippen molar-refractivity contribution in [2.75, 3.05) is 19.0 Å². The van der Waals surface area contributed by atoms with E-state index in [-0.39, 0.29) is 35.2 Å². The minimum absolute atomic E-state index is 0.0603. The maximum atomic E-state index is 14.2. The molecule has 3 fully saturated rings. The Hall–Kier alpha value is -2.44. The largest absolute Gasteiger partial charge is 0.363 e. The average Bonchev–Trinajstić information content (AvgIpc) is 2.89. The van der Waals surface area contributed by atoms with Crippen molar-refractivity contribution in [3.05, 3.63) is 29.6 Å². The lowest BCUT2D eigenvalue weighted by Crippen LogP contribution is -2.72. The van der Waals surface area contributed by atoms with Gasteiger partial charge in [-0.1, -0.05) is 20.8 Å². The van der Waals surface area contributed by atoms with Crippen LogP contribution in [0.2, 0.25) is 0 Å². The number of nitrogens with zero attached hydrogens (tertiary/aromatic N) is 3. The molecule has 6 nitrogen and oxygen atoms in total. The first-order chi connectivity index (χ1) is 13.9. The van der Waals surface area contributed by atoms with E-state index in [0.717, 1.165) is 34.7 Å². The fraction of sp³-hybridized carbons (Fsp3) is 0.609. The molecule has 1 aromatic carbocycles. The lowest BCUT2D eigenvalue weighted by Gasteiger charge is -2.54. The Bertz CT molecular complexity index is 981. The summed E-state index contributed by atoms with van der Waals surface area (Å²) in [5.74, 6) is -1.32. The Morgan fingerprint density at radius 3 is 2.27 bits per heavy atom. The first kappa shape index (κ1) is 19.5. The van der Waals surface area contributed by atoms with Crippen molar-refractivity contribution < 1.29 is 18.8 Å². The van der Waals surface area contributed by atoms with Crippen LogP contribution in [0.15, 0.2) is 18.2 Å². The number of rotatable bonds is 0. The van der Waals surface area contributed by atoms with Crippen LogP contribution in [0, 0.1) is 22.1 Å². The third kappa shape index (κ3) is 2.21. The number of fused-ring (bicyclic) bond motifs is 8. The first-order valence-electron chi connectivity index (χ1n) is 10.6. The minimum atomic E-state index is -1.43. The number of carbonyl (C=O) groups is 3. The van der Waals surface area contributed by atoms with Gasteiger partial charge in [-0.15, -0.1) is 0 Å². The number of anilines is 1. The molecule has 2 saturated heterocycles. The molecular weight excluding hydrogens is 385 g/mol. The molecule has 4 amide bonds. The van der Waals surface area contributed by atoms with E-state index in [0.29, 0.717) is 5.56 Å². The predicted molar refractivity (Wildman–Crippen MR) is 109 cm³/mol. The van der Waals surface area contributed by atoms with Crippen LogP contribution < -0.4 is 4.90 Å². The highest BCUT2D eigenvalue weighted by Gasteiger charge is 2.71. The quantitative estimate of drug-likeness (QED) is 0.613. The minimum Gasteiger partial charge on any atom is -0.363 e. The Labute approximate surface area is 176 Å². The summed E-state index contributed by atoms with van der Waals surface area (Å²) in [4.78, 5) is 44.4. The van der Waals surface area contributed by atoms with Gasteiger partial charge in [-0.05, 0) is 60.3 Å². The molecule has 0 unspecified atom stereocenters. The van der Waals surface area contributed by atoms with Gasteiger partial charge < -0.3 is 4.90 Å². The molecule has 1 saturated carbocycles. The smallest absolute Gasteiger partial charge is 0.332 e. The Kier molecular flexibility index (Phi) is 3.66. The number of benzene rings is 1. The Morgan fingerprint density at radius 2 is 1.63 bits per heavy atom. The zero-order valence-electron chi connectivity index (χ0n) is 18.2. The molecule has 5 rings (SSSR count). The number of hydrogen-bond donors (Lipinski definition) is 0. The standard InChI is InChI=1S/C23H28FN3O3/c1-21(2)10-15-11-22(3,12-21)17-23(18(28)25(4)20(30)26(5)19(23)29)9-13-8-14(24)6-7-16(13)27(15)17/h6-8,15,17H,9-12H2,1-5H3/t15-,17+,22+/m0/s1. The summed E-state index contributed by atoms with van der Waals surface area (Å²) in [6.07, 6.45) is 2.82. The third-order valence-electron chi connectivity index (χ3n) is 7.91. The molecule has 3 atom stereocenters. The molecule has 160 valence electrons. The Balaban J connectivity index is 1.80. The van der Waals surface area contributed by atoms with Gasteiger partial charge in [0.05, 0.1) is 6.04 Å². The van der Waals surface area contributed by atoms with Gasteiger partial charge in [0.15, 0.2) is 5.41 Å². The Morgan fingerprint density at radius 1 is 1.00 bits per heavy atom. The molecule has 30 heavy (non-hydrogen) atoms. The summed E-state index contributed by atoms with van der Waals surface area (Å²) < 4.78 is 14.2. The molecule has 0 N–H and O–H groups in total. The fourth-order valence-corrected chi connectivity index (χ4v) is 7.42. The molecule has 2 bridgehead atoms. The van der Waals surface area contributed by atoms with Crippen LogP contribution in [-0.4, -0.2) is 53.8 Å². The lowest BCUT2D eigenvalue weighted by molar-refractivity contribution is -0.161. The molecule has 3 aliphatic heterocycles. The summed E-state index contributed by atoms with van der Waals surface area (Å²) in [6.45, 7) is 6.65. The maximum absolute atomic E-state index is 14.2. The van der Waals surface area contributed by atoms with Crippen molar-refractivity contribution in [3.8, 4) is 0 Å². The number of halogens is 1. The van der Waals surface area contributed by atoms with Crippen molar-refractivity contribution in [2.45, 2.75) is 58.5 Å². The summed E-state index contributed by atoms with van der Waals surface area (Å²) >= 11 is 0. The zero-order chi connectivity index (χ0) is 21.8. The molecule has 1 aromatic rings. The van der Waals surface area contributed by atoms with Gasteiger partial charge in [-0.2, -0.15) is 0 Å². The molecule has 0 radical (unpaired) electrons. The van der Waals surface area contributed by atoms with E-state index >= 15 is 0 Å². The van der Waals surface area contributed by atoms with E-state index in [1.807, 2.05) is 0 Å². The summed E-state index contributed by atoms with van der Waals surface area (Å²) in [7, 11) is 2.88. The monoisotopic (exact) mass is 413 g/mol. The number of barbiturate groups is 1. The average molecular weight is 413 g/mol. The van der Waals surface area contributed by atoms with Gasteiger partial charge in [-0.3, -0.25) is 19.4 Å². The molecule has 3 heterocycles. The molecule has 4 aliphatic rings. The van der Waals surface area contributed by atoms with E-state index in [1.165, 1.54) is 26.2 Å². The van der Waals surface area contributed by atoms with Crippen LogP contribution in [0.5, 0.6) is 0 Å². The lowest BCUT2D eigenvalue weighted by atomic mass is 9.56. The molecule has 1 aliphatic carbocycles. The summed E-state index contributed by atoms with van der Waals surface area (Å²) in [6, 6.07) is 3.87. The predicted octanol–water partition coefficient (Wildman–Crippen LogP) is 3.19. The number of imide groups is 2. The van der Waals surface area contributed by atoms with Crippen molar-refractivity contribution in [1.82, 2.24) is 9.80 Å². The highest BCUT2D eigenvalue weighted by molar-refractivity contribution is 6.20. The second kappa shape index (κ2) is 5.62. The highest BCUT2D eigenvalue weighted by Crippen LogP contribution is 2.64. The van der Waals surface area contributed by atoms with Crippen LogP contribution in [0.25, 0.3) is 0 Å². The normalized spacial score (nSPS) is 33.8. The van der Waals surface area contributed by atoms with Crippen LogP contribution in [0.3, 0.4) is 0 Å². The van der Waals surface area contributed by atoms with Gasteiger partial charge in [0.25, 0.3) is 0 Å². The van der Waals surface area contributed by atoms with Crippen LogP contribution in [-0.2, 0) is 16.0 Å². The highest BCUT2D eigenvalue weighted by atomic mass is 19.1. The van der Waals surface area contributed by atoms with Crippen molar-refractivity contribution >= 4 is 23.5 Å². The van der Waals surface area contributed by atoms with Crippen molar-refractivity contribution in [3.63, 3.8) is 0 Å². The van der Waals surface area contributed by atoms with Gasteiger partial charge >= 0.3 is 6.03 Å². The molecule has 1 spiro atoms. The van der Waals surface area contributed by atoms with Crippen molar-refractivity contribution in [1.29, 1.82) is 0 Å². The van der Waals surface area contributed by atoms with Gasteiger partial charge in [0.2, 0.25) is 11.8 Å². The van der Waals surface area contributed by atoms with Gasteiger partial charge in [0.1, 0.15) is 5.82 Å². The van der Waals surface area contributed by atoms with Crippen LogP contribution in [0.1, 0.15) is 45.6 Å². The van der Waals surface area contributed by atoms with Crippen LogP contribution in [0.4, 0.5) is 14.9 Å². The van der Waals surface area contributed by atoms with Crippen molar-refractivity contribution in [2.24, 2.45) is 16.2 Å². The maximum Gasteiger partial charge on any atom is 0.332 e. The van der Waals surface area contributed by atoms with Gasteiger partial charge in [-0.25, -0.2) is 9.18 Å². The summed E-state index contributed by atoms with van der Waals surface area (Å²) in [5.41, 5.74) is -0.0574. The van der Waals surface area contributed by atoms with E-state index < -0.39 is 23.3 Å². The number of hydrogen-bond acceptors (Lipinski definition) is 4. The number of urea groups is 1. The van der Waals surface area contributed by atoms with Crippen LogP contribution >= 0.6 is 0 Å². The molecule has 0 aromatic heterocycles. The van der Waals surface area contributed by atoms with Gasteiger partial charge in [0, 0.05) is 25.8 Å². The number of amides is 4. The SMILES string of the molecule is CN1C(=O)N(C)C(=O)C2(Cc3cc(F)ccc3N3[C@H]4CC(C)(C)C[C@@](C)(C4)[C@@H]32)C1=O. The number of carbonyl (C=O) groups excluding carboxylic acids is 3. The first-order valence-corrected chi connectivity index (χ1v) is 10.6. The molecular formula is C23H28FN3O3. The fourth-order valence-electron chi connectivity index (χ4n) is 7.42. The second-order valence-corrected chi connectivity index (χ2v) is 10.8. The molecule has 7 heteroatoms. The van der Waals surface area contributed by atoms with E-state index in [1.54, 1.807) is 6.07 Å². The topological polar surface area (TPSA) is 60.9 Å². The zero-order valence-corrected chi connectivity index (χ0v) is 18.2. The third-order valence-corrected chi connectivity index (χ3v) is 7.91.